The summed E-state index contributed by atoms with van der Waals surface area (Å²) in [5.41, 5.74) is 6.02. The highest BCUT2D eigenvalue weighted by Gasteiger charge is 2.12. The Labute approximate surface area is 135 Å². The number of nitrogens with one attached hydrogen (secondary N) is 1. The minimum absolute atomic E-state index is 0.0103. The molecule has 0 saturated carbocycles. The molecule has 0 saturated heterocycles. The van der Waals surface area contributed by atoms with E-state index in [2.05, 4.69) is 5.32 Å². The molecule has 108 valence electrons. The highest BCUT2D eigenvalue weighted by atomic mass is 35.5. The number of carbonyl (C=O) groups excluding carboxylic acids is 1. The molecule has 0 aromatic heterocycles. The van der Waals surface area contributed by atoms with Gasteiger partial charge in [-0.15, -0.1) is 0 Å². The average Bonchev–Trinajstić information content (AvgIpc) is 2.39. The SMILES string of the molecule is NC(=S)c1ccc(NC(=O)c2cc(Cl)cc(Cl)c2)c(F)c1. The van der Waals surface area contributed by atoms with E-state index in [0.29, 0.717) is 15.6 Å². The summed E-state index contributed by atoms with van der Waals surface area (Å²) in [5, 5.41) is 3.07. The van der Waals surface area contributed by atoms with Crippen molar-refractivity contribution in [1.82, 2.24) is 0 Å². The maximum atomic E-state index is 13.9. The third-order valence-electron chi connectivity index (χ3n) is 2.63. The molecular weight excluding hydrogens is 334 g/mol. The molecule has 0 heterocycles. The van der Waals surface area contributed by atoms with E-state index in [1.54, 1.807) is 0 Å². The van der Waals surface area contributed by atoms with Crippen molar-refractivity contribution in [1.29, 1.82) is 0 Å². The molecule has 2 rings (SSSR count). The normalized spacial score (nSPS) is 10.2. The lowest BCUT2D eigenvalue weighted by Gasteiger charge is -2.08. The first-order chi connectivity index (χ1) is 9.86. The number of thiocarbonyl (C=S) groups is 1. The largest absolute Gasteiger partial charge is 0.389 e. The Balaban J connectivity index is 2.25. The number of carbonyl (C=O) groups is 1. The van der Waals surface area contributed by atoms with Crippen LogP contribution in [0.4, 0.5) is 10.1 Å². The summed E-state index contributed by atoms with van der Waals surface area (Å²) >= 11 is 16.4. The third kappa shape index (κ3) is 3.91. The summed E-state index contributed by atoms with van der Waals surface area (Å²) in [6.07, 6.45) is 0. The summed E-state index contributed by atoms with van der Waals surface area (Å²) in [7, 11) is 0. The third-order valence-corrected chi connectivity index (χ3v) is 3.30. The Hall–Kier alpha value is -1.69. The molecule has 0 aliphatic heterocycles. The van der Waals surface area contributed by atoms with Gasteiger partial charge in [-0.2, -0.15) is 0 Å². The van der Waals surface area contributed by atoms with E-state index in [9.17, 15) is 9.18 Å². The van der Waals surface area contributed by atoms with Crippen LogP contribution in [0.3, 0.4) is 0 Å². The van der Waals surface area contributed by atoms with Gasteiger partial charge in [-0.1, -0.05) is 35.4 Å². The van der Waals surface area contributed by atoms with Gasteiger partial charge in [0, 0.05) is 21.2 Å². The number of halogens is 3. The molecule has 0 bridgehead atoms. The minimum Gasteiger partial charge on any atom is -0.389 e. The van der Waals surface area contributed by atoms with E-state index >= 15 is 0 Å². The number of benzene rings is 2. The second kappa shape index (κ2) is 6.39. The van der Waals surface area contributed by atoms with Crippen molar-refractivity contribution in [2.75, 3.05) is 5.32 Å². The van der Waals surface area contributed by atoms with Crippen molar-refractivity contribution >= 4 is 52.0 Å². The molecule has 0 atom stereocenters. The highest BCUT2D eigenvalue weighted by molar-refractivity contribution is 7.80. The number of amides is 1. The molecule has 0 unspecified atom stereocenters. The van der Waals surface area contributed by atoms with E-state index in [-0.39, 0.29) is 16.2 Å². The Morgan fingerprint density at radius 3 is 2.24 bits per heavy atom. The predicted octanol–water partition coefficient (Wildman–Crippen LogP) is 4.02. The molecule has 0 aliphatic rings. The van der Waals surface area contributed by atoms with Gasteiger partial charge in [-0.3, -0.25) is 4.79 Å². The van der Waals surface area contributed by atoms with Crippen LogP contribution >= 0.6 is 35.4 Å². The van der Waals surface area contributed by atoms with Gasteiger partial charge in [0.15, 0.2) is 0 Å². The minimum atomic E-state index is -0.637. The molecular formula is C14H9Cl2FN2OS. The summed E-state index contributed by atoms with van der Waals surface area (Å²) in [6, 6.07) is 8.42. The highest BCUT2D eigenvalue weighted by Crippen LogP contribution is 2.21. The van der Waals surface area contributed by atoms with E-state index < -0.39 is 11.7 Å². The first kappa shape index (κ1) is 15.7. The van der Waals surface area contributed by atoms with Crippen molar-refractivity contribution in [3.8, 4) is 0 Å². The molecule has 0 radical (unpaired) electrons. The average molecular weight is 343 g/mol. The molecule has 2 aromatic carbocycles. The predicted molar refractivity (Wildman–Crippen MR) is 86.7 cm³/mol. The number of anilines is 1. The topological polar surface area (TPSA) is 55.1 Å². The lowest BCUT2D eigenvalue weighted by atomic mass is 10.1. The van der Waals surface area contributed by atoms with Gasteiger partial charge in [0.25, 0.3) is 5.91 Å². The van der Waals surface area contributed by atoms with Crippen molar-refractivity contribution in [3.05, 3.63) is 63.4 Å². The van der Waals surface area contributed by atoms with Gasteiger partial charge in [-0.25, -0.2) is 4.39 Å². The van der Waals surface area contributed by atoms with Crippen LogP contribution in [0, 0.1) is 5.82 Å². The summed E-state index contributed by atoms with van der Waals surface area (Å²) in [5.74, 6) is -1.16. The monoisotopic (exact) mass is 342 g/mol. The molecule has 3 N–H and O–H groups in total. The van der Waals surface area contributed by atoms with Gasteiger partial charge in [0.2, 0.25) is 0 Å². The van der Waals surface area contributed by atoms with Crippen LogP contribution in [0.1, 0.15) is 15.9 Å². The first-order valence-electron chi connectivity index (χ1n) is 5.73. The van der Waals surface area contributed by atoms with Crippen LogP contribution in [-0.2, 0) is 0 Å². The van der Waals surface area contributed by atoms with Gasteiger partial charge in [-0.05, 0) is 36.4 Å². The van der Waals surface area contributed by atoms with Crippen molar-refractivity contribution in [2.45, 2.75) is 0 Å². The molecule has 1 amide bonds. The van der Waals surface area contributed by atoms with E-state index in [0.717, 1.165) is 6.07 Å². The summed E-state index contributed by atoms with van der Waals surface area (Å²) < 4.78 is 13.9. The molecule has 2 aromatic rings. The van der Waals surface area contributed by atoms with Gasteiger partial charge < -0.3 is 11.1 Å². The zero-order valence-corrected chi connectivity index (χ0v) is 12.8. The fraction of sp³-hybridized carbons (Fsp3) is 0. The molecule has 7 heteroatoms. The zero-order chi connectivity index (χ0) is 15.6. The van der Waals surface area contributed by atoms with Crippen LogP contribution in [0.15, 0.2) is 36.4 Å². The Bertz CT molecular complexity index is 717. The summed E-state index contributed by atoms with van der Waals surface area (Å²) in [4.78, 5) is 12.1. The van der Waals surface area contributed by atoms with E-state index in [1.165, 1.54) is 30.3 Å². The molecule has 0 aliphatic carbocycles. The molecule has 21 heavy (non-hydrogen) atoms. The molecule has 0 spiro atoms. The van der Waals surface area contributed by atoms with Crippen LogP contribution in [0.5, 0.6) is 0 Å². The number of nitrogens with two attached hydrogens (primary N) is 1. The number of hydrogen-bond donors (Lipinski definition) is 2. The van der Waals surface area contributed by atoms with Crippen molar-refractivity contribution in [3.63, 3.8) is 0 Å². The molecule has 3 nitrogen and oxygen atoms in total. The smallest absolute Gasteiger partial charge is 0.255 e. The second-order valence-electron chi connectivity index (χ2n) is 4.17. The lowest BCUT2D eigenvalue weighted by Crippen LogP contribution is -2.14. The Morgan fingerprint density at radius 1 is 1.10 bits per heavy atom. The fourth-order valence-electron chi connectivity index (χ4n) is 1.65. The maximum absolute atomic E-state index is 13.9. The Morgan fingerprint density at radius 2 is 1.71 bits per heavy atom. The fourth-order valence-corrected chi connectivity index (χ4v) is 2.30. The quantitative estimate of drug-likeness (QED) is 0.828. The van der Waals surface area contributed by atoms with Crippen LogP contribution in [-0.4, -0.2) is 10.9 Å². The van der Waals surface area contributed by atoms with Crippen molar-refractivity contribution in [2.24, 2.45) is 5.73 Å². The Kier molecular flexibility index (Phi) is 4.77. The number of hydrogen-bond acceptors (Lipinski definition) is 2. The zero-order valence-electron chi connectivity index (χ0n) is 10.5. The first-order valence-corrected chi connectivity index (χ1v) is 6.90. The number of rotatable bonds is 3. The van der Waals surface area contributed by atoms with Gasteiger partial charge >= 0.3 is 0 Å². The van der Waals surface area contributed by atoms with Crippen molar-refractivity contribution < 1.29 is 9.18 Å². The van der Waals surface area contributed by atoms with Gasteiger partial charge in [0.1, 0.15) is 10.8 Å². The van der Waals surface area contributed by atoms with E-state index in [4.69, 9.17) is 41.2 Å². The van der Waals surface area contributed by atoms with Gasteiger partial charge in [0.05, 0.1) is 5.69 Å². The molecule has 0 fully saturated rings. The van der Waals surface area contributed by atoms with Crippen LogP contribution < -0.4 is 11.1 Å². The standard InChI is InChI=1S/C14H9Cl2FN2OS/c15-9-3-8(4-10(16)6-9)14(20)19-12-2-1-7(13(18)21)5-11(12)17/h1-6H,(H2,18,21)(H,19,20). The maximum Gasteiger partial charge on any atom is 0.255 e. The van der Waals surface area contributed by atoms with Crippen LogP contribution in [0.2, 0.25) is 10.0 Å². The second-order valence-corrected chi connectivity index (χ2v) is 5.48. The summed E-state index contributed by atoms with van der Waals surface area (Å²) in [6.45, 7) is 0. The lowest BCUT2D eigenvalue weighted by molar-refractivity contribution is 0.102. The van der Waals surface area contributed by atoms with Crippen LogP contribution in [0.25, 0.3) is 0 Å². The van der Waals surface area contributed by atoms with E-state index in [1.807, 2.05) is 0 Å².